The number of hydrogen-bond donors (Lipinski definition) is 1. The molecule has 1 aromatic heterocycles. The second-order valence-corrected chi connectivity index (χ2v) is 6.28. The molecule has 1 atom stereocenters. The minimum absolute atomic E-state index is 0.177. The number of aromatic nitrogens is 1. The number of amides is 1. The molecule has 5 heteroatoms. The van der Waals surface area contributed by atoms with Gasteiger partial charge in [0, 0.05) is 38.1 Å². The van der Waals surface area contributed by atoms with Crippen LogP contribution < -0.4 is 0 Å². The van der Waals surface area contributed by atoms with Crippen molar-refractivity contribution in [2.45, 2.75) is 26.5 Å². The van der Waals surface area contributed by atoms with Gasteiger partial charge in [-0.2, -0.15) is 0 Å². The van der Waals surface area contributed by atoms with E-state index in [0.717, 1.165) is 30.8 Å². The molecule has 1 aliphatic heterocycles. The van der Waals surface area contributed by atoms with Gasteiger partial charge < -0.3 is 10.0 Å². The van der Waals surface area contributed by atoms with E-state index in [1.807, 2.05) is 0 Å². The molecule has 1 aromatic carbocycles. The third kappa shape index (κ3) is 3.68. The first kappa shape index (κ1) is 15.9. The van der Waals surface area contributed by atoms with E-state index in [4.69, 9.17) is 4.98 Å². The minimum atomic E-state index is -0.910. The SMILES string of the molecule is Cc1ccc2nc(CN3CCN(C(=O)C(C)O)CC3)ccc2c1. The lowest BCUT2D eigenvalue weighted by Gasteiger charge is -2.35. The van der Waals surface area contributed by atoms with E-state index in [1.165, 1.54) is 17.9 Å². The van der Waals surface area contributed by atoms with E-state index in [-0.39, 0.29) is 5.91 Å². The van der Waals surface area contributed by atoms with Gasteiger partial charge in [-0.1, -0.05) is 17.7 Å². The Bertz CT molecular complexity index is 706. The van der Waals surface area contributed by atoms with Gasteiger partial charge >= 0.3 is 0 Å². The zero-order valence-corrected chi connectivity index (χ0v) is 13.7. The van der Waals surface area contributed by atoms with Gasteiger partial charge in [0.05, 0.1) is 11.2 Å². The fourth-order valence-electron chi connectivity index (χ4n) is 2.99. The maximum atomic E-state index is 11.8. The van der Waals surface area contributed by atoms with Crippen molar-refractivity contribution in [2.24, 2.45) is 0 Å². The Morgan fingerprint density at radius 2 is 1.96 bits per heavy atom. The third-order valence-electron chi connectivity index (χ3n) is 4.33. The summed E-state index contributed by atoms with van der Waals surface area (Å²) in [6.45, 7) is 7.35. The van der Waals surface area contributed by atoms with E-state index < -0.39 is 6.10 Å². The highest BCUT2D eigenvalue weighted by Gasteiger charge is 2.23. The number of carbonyl (C=O) groups is 1. The first-order valence-electron chi connectivity index (χ1n) is 8.08. The number of rotatable bonds is 3. The molecular formula is C18H23N3O2. The van der Waals surface area contributed by atoms with Crippen LogP contribution in [0.25, 0.3) is 10.9 Å². The van der Waals surface area contributed by atoms with Crippen LogP contribution in [0.2, 0.25) is 0 Å². The lowest BCUT2D eigenvalue weighted by Crippen LogP contribution is -2.50. The smallest absolute Gasteiger partial charge is 0.251 e. The van der Waals surface area contributed by atoms with Gasteiger partial charge in [-0.25, -0.2) is 0 Å². The fourth-order valence-corrected chi connectivity index (χ4v) is 2.99. The van der Waals surface area contributed by atoms with E-state index in [0.29, 0.717) is 13.1 Å². The molecule has 0 bridgehead atoms. The monoisotopic (exact) mass is 313 g/mol. The summed E-state index contributed by atoms with van der Waals surface area (Å²) in [6, 6.07) is 10.5. The Kier molecular flexibility index (Phi) is 4.59. The summed E-state index contributed by atoms with van der Waals surface area (Å²) < 4.78 is 0. The molecule has 0 saturated carbocycles. The molecule has 5 nitrogen and oxygen atoms in total. The van der Waals surface area contributed by atoms with Crippen LogP contribution in [0.3, 0.4) is 0 Å². The molecule has 1 fully saturated rings. The molecule has 1 amide bonds. The van der Waals surface area contributed by atoms with Crippen LogP contribution in [0, 0.1) is 6.92 Å². The van der Waals surface area contributed by atoms with Gasteiger partial charge in [0.15, 0.2) is 0 Å². The summed E-state index contributed by atoms with van der Waals surface area (Å²) in [5.74, 6) is -0.177. The van der Waals surface area contributed by atoms with Crippen LogP contribution in [0.5, 0.6) is 0 Å². The number of hydrogen-bond acceptors (Lipinski definition) is 4. The fraction of sp³-hybridized carbons (Fsp3) is 0.444. The zero-order chi connectivity index (χ0) is 16.4. The van der Waals surface area contributed by atoms with Gasteiger partial charge in [0.25, 0.3) is 5.91 Å². The Hall–Kier alpha value is -1.98. The first-order valence-corrected chi connectivity index (χ1v) is 8.08. The topological polar surface area (TPSA) is 56.7 Å². The highest BCUT2D eigenvalue weighted by molar-refractivity contribution is 5.80. The van der Waals surface area contributed by atoms with Crippen LogP contribution in [0.1, 0.15) is 18.2 Å². The molecule has 1 unspecified atom stereocenters. The molecular weight excluding hydrogens is 290 g/mol. The van der Waals surface area contributed by atoms with Crippen molar-refractivity contribution in [2.75, 3.05) is 26.2 Å². The van der Waals surface area contributed by atoms with Gasteiger partial charge in [-0.3, -0.25) is 14.7 Å². The minimum Gasteiger partial charge on any atom is -0.384 e. The van der Waals surface area contributed by atoms with Crippen LogP contribution >= 0.6 is 0 Å². The molecule has 1 saturated heterocycles. The predicted molar refractivity (Wildman–Crippen MR) is 90.0 cm³/mol. The number of carbonyl (C=O) groups excluding carboxylic acids is 1. The molecule has 2 heterocycles. The number of nitrogens with zero attached hydrogens (tertiary/aromatic N) is 3. The van der Waals surface area contributed by atoms with E-state index in [1.54, 1.807) is 4.90 Å². The molecule has 0 radical (unpaired) electrons. The van der Waals surface area contributed by atoms with E-state index >= 15 is 0 Å². The first-order chi connectivity index (χ1) is 11.0. The second-order valence-electron chi connectivity index (χ2n) is 6.28. The largest absolute Gasteiger partial charge is 0.384 e. The van der Waals surface area contributed by atoms with Gasteiger partial charge in [0.1, 0.15) is 6.10 Å². The Balaban J connectivity index is 1.62. The van der Waals surface area contributed by atoms with Crippen LogP contribution in [-0.2, 0) is 11.3 Å². The molecule has 2 aromatic rings. The average Bonchev–Trinajstić information content (AvgIpc) is 2.55. The number of pyridine rings is 1. The maximum Gasteiger partial charge on any atom is 0.251 e. The van der Waals surface area contributed by atoms with E-state index in [9.17, 15) is 9.90 Å². The van der Waals surface area contributed by atoms with Gasteiger partial charge in [0.2, 0.25) is 0 Å². The average molecular weight is 313 g/mol. The summed E-state index contributed by atoms with van der Waals surface area (Å²) in [4.78, 5) is 20.5. The van der Waals surface area contributed by atoms with E-state index in [2.05, 4.69) is 42.2 Å². The molecule has 0 aliphatic carbocycles. The third-order valence-corrected chi connectivity index (χ3v) is 4.33. The van der Waals surface area contributed by atoms with Crippen molar-refractivity contribution in [1.82, 2.24) is 14.8 Å². The lowest BCUT2D eigenvalue weighted by molar-refractivity contribution is -0.141. The highest BCUT2D eigenvalue weighted by Crippen LogP contribution is 2.16. The summed E-state index contributed by atoms with van der Waals surface area (Å²) in [5, 5.41) is 10.5. The number of aliphatic hydroxyl groups excluding tert-OH is 1. The standard InChI is InChI=1S/C18H23N3O2/c1-13-3-6-17-15(11-13)4-5-16(19-17)12-20-7-9-21(10-8-20)18(23)14(2)22/h3-6,11,14,22H,7-10,12H2,1-2H3. The molecule has 1 N–H and O–H groups in total. The van der Waals surface area contributed by atoms with Crippen molar-refractivity contribution >= 4 is 16.8 Å². The van der Waals surface area contributed by atoms with Crippen LogP contribution in [0.4, 0.5) is 0 Å². The summed E-state index contributed by atoms with van der Waals surface area (Å²) in [7, 11) is 0. The predicted octanol–water partition coefficient (Wildman–Crippen LogP) is 1.57. The molecule has 0 spiro atoms. The summed E-state index contributed by atoms with van der Waals surface area (Å²) in [6.07, 6.45) is -0.910. The van der Waals surface area contributed by atoms with Crippen molar-refractivity contribution in [1.29, 1.82) is 0 Å². The molecule has 3 rings (SSSR count). The second kappa shape index (κ2) is 6.64. The lowest BCUT2D eigenvalue weighted by atomic mass is 10.1. The molecule has 23 heavy (non-hydrogen) atoms. The zero-order valence-electron chi connectivity index (χ0n) is 13.7. The Morgan fingerprint density at radius 1 is 1.22 bits per heavy atom. The number of aryl methyl sites for hydroxylation is 1. The summed E-state index contributed by atoms with van der Waals surface area (Å²) >= 11 is 0. The normalized spacial score (nSPS) is 17.4. The van der Waals surface area contributed by atoms with Crippen molar-refractivity contribution in [3.05, 3.63) is 41.6 Å². The quantitative estimate of drug-likeness (QED) is 0.934. The van der Waals surface area contributed by atoms with Crippen LogP contribution in [0.15, 0.2) is 30.3 Å². The van der Waals surface area contributed by atoms with Crippen LogP contribution in [-0.4, -0.2) is 58.1 Å². The number of aliphatic hydroxyl groups is 1. The highest BCUT2D eigenvalue weighted by atomic mass is 16.3. The van der Waals surface area contributed by atoms with Crippen molar-refractivity contribution in [3.63, 3.8) is 0 Å². The Morgan fingerprint density at radius 3 is 2.65 bits per heavy atom. The van der Waals surface area contributed by atoms with Gasteiger partial charge in [-0.05, 0) is 32.0 Å². The number of piperazine rings is 1. The van der Waals surface area contributed by atoms with Gasteiger partial charge in [-0.15, -0.1) is 0 Å². The summed E-state index contributed by atoms with van der Waals surface area (Å²) in [5.41, 5.74) is 3.32. The molecule has 1 aliphatic rings. The number of benzene rings is 1. The number of fused-ring (bicyclic) bond motifs is 1. The maximum absolute atomic E-state index is 11.8. The Labute approximate surface area is 136 Å². The molecule has 122 valence electrons. The van der Waals surface area contributed by atoms with Crippen molar-refractivity contribution < 1.29 is 9.90 Å². The van der Waals surface area contributed by atoms with Crippen molar-refractivity contribution in [3.8, 4) is 0 Å².